The number of hydrogen-bond donors (Lipinski definition) is 2. The van der Waals surface area contributed by atoms with E-state index in [1.807, 2.05) is 6.92 Å². The van der Waals surface area contributed by atoms with Crippen LogP contribution in [0.5, 0.6) is 0 Å². The van der Waals surface area contributed by atoms with Crippen molar-refractivity contribution in [1.29, 1.82) is 0 Å². The van der Waals surface area contributed by atoms with Crippen molar-refractivity contribution >= 4 is 5.97 Å². The molecule has 0 aromatic rings. The van der Waals surface area contributed by atoms with E-state index in [2.05, 4.69) is 5.73 Å². The van der Waals surface area contributed by atoms with E-state index >= 15 is 0 Å². The summed E-state index contributed by atoms with van der Waals surface area (Å²) in [5.74, 6) is -1.06. The van der Waals surface area contributed by atoms with Gasteiger partial charge in [0.05, 0.1) is 6.04 Å². The molecule has 0 heterocycles. The lowest BCUT2D eigenvalue weighted by atomic mass is 10.0. The monoisotopic (exact) mass is 132 g/mol. The molecular weight excluding hydrogens is 118 g/mol. The first kappa shape index (κ1) is 8.43. The van der Waals surface area contributed by atoms with Gasteiger partial charge in [0.1, 0.15) is 5.92 Å². The maximum atomic E-state index is 10.3. The van der Waals surface area contributed by atoms with Crippen LogP contribution in [-0.4, -0.2) is 17.1 Å². The van der Waals surface area contributed by atoms with Crippen molar-refractivity contribution in [2.75, 3.05) is 0 Å². The lowest BCUT2D eigenvalue weighted by Crippen LogP contribution is -2.64. The molecule has 9 heavy (non-hydrogen) atoms. The molecule has 3 nitrogen and oxygen atoms in total. The largest absolute Gasteiger partial charge is 0.481 e. The van der Waals surface area contributed by atoms with Crippen molar-refractivity contribution in [2.24, 2.45) is 5.92 Å². The summed E-state index contributed by atoms with van der Waals surface area (Å²) >= 11 is 0. The lowest BCUT2D eigenvalue weighted by molar-refractivity contribution is -0.429. The van der Waals surface area contributed by atoms with Gasteiger partial charge in [0.15, 0.2) is 0 Å². The Hall–Kier alpha value is -0.570. The molecular formula is C6H14NO2+. The second kappa shape index (κ2) is 3.45. The topological polar surface area (TPSA) is 64.9 Å². The molecule has 0 aromatic heterocycles. The van der Waals surface area contributed by atoms with Crippen LogP contribution in [0.3, 0.4) is 0 Å². The first-order chi connectivity index (χ1) is 4.09. The Kier molecular flexibility index (Phi) is 3.24. The molecule has 2 atom stereocenters. The van der Waals surface area contributed by atoms with Crippen LogP contribution in [0.2, 0.25) is 0 Å². The second-order valence-corrected chi connectivity index (χ2v) is 2.30. The molecule has 4 N–H and O–H groups in total. The van der Waals surface area contributed by atoms with E-state index in [1.54, 1.807) is 6.92 Å². The van der Waals surface area contributed by atoms with Crippen molar-refractivity contribution in [3.8, 4) is 0 Å². The molecule has 0 aromatic carbocycles. The molecule has 0 saturated carbocycles. The van der Waals surface area contributed by atoms with Crippen LogP contribution >= 0.6 is 0 Å². The van der Waals surface area contributed by atoms with Gasteiger partial charge in [-0.2, -0.15) is 0 Å². The molecule has 54 valence electrons. The fourth-order valence-electron chi connectivity index (χ4n) is 0.555. The van der Waals surface area contributed by atoms with Gasteiger partial charge in [0.25, 0.3) is 0 Å². The van der Waals surface area contributed by atoms with Crippen LogP contribution in [0.4, 0.5) is 0 Å². The molecule has 0 bridgehead atoms. The number of aliphatic carboxylic acids is 1. The van der Waals surface area contributed by atoms with Crippen LogP contribution in [0.1, 0.15) is 20.3 Å². The van der Waals surface area contributed by atoms with E-state index in [9.17, 15) is 4.79 Å². The normalized spacial score (nSPS) is 16.8. The molecule has 3 heteroatoms. The second-order valence-electron chi connectivity index (χ2n) is 2.30. The van der Waals surface area contributed by atoms with Crippen molar-refractivity contribution < 1.29 is 15.6 Å². The molecule has 0 amide bonds. The van der Waals surface area contributed by atoms with Crippen LogP contribution in [0.15, 0.2) is 0 Å². The summed E-state index contributed by atoms with van der Waals surface area (Å²) in [6.07, 6.45) is 0.827. The van der Waals surface area contributed by atoms with E-state index in [4.69, 9.17) is 5.11 Å². The summed E-state index contributed by atoms with van der Waals surface area (Å²) in [4.78, 5) is 10.3. The highest BCUT2D eigenvalue weighted by molar-refractivity contribution is 5.70. The zero-order valence-electron chi connectivity index (χ0n) is 5.92. The summed E-state index contributed by atoms with van der Waals surface area (Å²) < 4.78 is 0. The van der Waals surface area contributed by atoms with E-state index in [1.165, 1.54) is 0 Å². The highest BCUT2D eigenvalue weighted by Gasteiger charge is 2.20. The highest BCUT2D eigenvalue weighted by Crippen LogP contribution is 2.00. The van der Waals surface area contributed by atoms with Gasteiger partial charge in [-0.1, -0.05) is 6.92 Å². The minimum Gasteiger partial charge on any atom is -0.481 e. The summed E-state index contributed by atoms with van der Waals surface area (Å²) in [6.45, 7) is 3.63. The summed E-state index contributed by atoms with van der Waals surface area (Å²) in [7, 11) is 0. The van der Waals surface area contributed by atoms with Gasteiger partial charge >= 0.3 is 5.97 Å². The zero-order valence-corrected chi connectivity index (χ0v) is 5.92. The predicted molar refractivity (Wildman–Crippen MR) is 33.8 cm³/mol. The Labute approximate surface area is 54.9 Å². The standard InChI is InChI=1S/C6H13NO2/c1-3-5(7)4(2)6(8)9/h4-5H,3,7H2,1-2H3,(H,8,9)/p+1/t4-,5-/m1/s1. The Balaban J connectivity index is 3.72. The first-order valence-corrected chi connectivity index (χ1v) is 3.15. The van der Waals surface area contributed by atoms with Gasteiger partial charge in [-0.3, -0.25) is 4.79 Å². The lowest BCUT2D eigenvalue weighted by Gasteiger charge is -2.08. The van der Waals surface area contributed by atoms with E-state index in [0.29, 0.717) is 0 Å². The molecule has 0 aliphatic heterocycles. The molecule has 0 rings (SSSR count). The van der Waals surface area contributed by atoms with Crippen molar-refractivity contribution in [2.45, 2.75) is 26.3 Å². The van der Waals surface area contributed by atoms with Crippen LogP contribution in [-0.2, 0) is 4.79 Å². The van der Waals surface area contributed by atoms with Crippen molar-refractivity contribution in [1.82, 2.24) is 0 Å². The number of rotatable bonds is 3. The third-order valence-corrected chi connectivity index (χ3v) is 1.62. The molecule has 0 radical (unpaired) electrons. The smallest absolute Gasteiger partial charge is 0.312 e. The Morgan fingerprint density at radius 1 is 1.78 bits per heavy atom. The average molecular weight is 132 g/mol. The van der Waals surface area contributed by atoms with Gasteiger partial charge in [-0.25, -0.2) is 0 Å². The summed E-state index contributed by atoms with van der Waals surface area (Å²) in [5, 5.41) is 8.44. The van der Waals surface area contributed by atoms with E-state index < -0.39 is 5.97 Å². The van der Waals surface area contributed by atoms with Gasteiger partial charge in [0.2, 0.25) is 0 Å². The van der Waals surface area contributed by atoms with E-state index in [0.717, 1.165) is 6.42 Å². The average Bonchev–Trinajstić information content (AvgIpc) is 1.84. The minimum absolute atomic E-state index is 0.0440. The fraction of sp³-hybridized carbons (Fsp3) is 0.833. The highest BCUT2D eigenvalue weighted by atomic mass is 16.4. The van der Waals surface area contributed by atoms with Crippen LogP contribution in [0, 0.1) is 5.92 Å². The molecule has 0 aliphatic carbocycles. The molecule has 0 unspecified atom stereocenters. The van der Waals surface area contributed by atoms with Gasteiger partial charge in [-0.15, -0.1) is 0 Å². The fourth-order valence-corrected chi connectivity index (χ4v) is 0.555. The predicted octanol–water partition coefficient (Wildman–Crippen LogP) is -0.272. The maximum absolute atomic E-state index is 10.3. The SMILES string of the molecule is CC[C@@H]([NH3+])[C@@H](C)C(=O)O. The van der Waals surface area contributed by atoms with Crippen molar-refractivity contribution in [3.05, 3.63) is 0 Å². The van der Waals surface area contributed by atoms with E-state index in [-0.39, 0.29) is 12.0 Å². The number of carbonyl (C=O) groups is 1. The number of quaternary nitrogens is 1. The molecule has 0 fully saturated rings. The third kappa shape index (κ3) is 2.46. The van der Waals surface area contributed by atoms with Gasteiger partial charge < -0.3 is 10.8 Å². The summed E-state index contributed by atoms with van der Waals surface area (Å²) in [6, 6.07) is 0.0440. The van der Waals surface area contributed by atoms with Crippen LogP contribution < -0.4 is 5.73 Å². The summed E-state index contributed by atoms with van der Waals surface area (Å²) in [5.41, 5.74) is 3.70. The van der Waals surface area contributed by atoms with Crippen LogP contribution in [0.25, 0.3) is 0 Å². The number of hydrogen-bond acceptors (Lipinski definition) is 1. The zero-order chi connectivity index (χ0) is 7.44. The Morgan fingerprint density at radius 3 is 2.33 bits per heavy atom. The maximum Gasteiger partial charge on any atom is 0.312 e. The minimum atomic E-state index is -0.753. The van der Waals surface area contributed by atoms with Gasteiger partial charge in [-0.05, 0) is 13.3 Å². The molecule has 0 saturated heterocycles. The number of carboxylic acid groups (broad SMARTS) is 1. The molecule has 0 spiro atoms. The Bertz CT molecular complexity index is 103. The molecule has 0 aliphatic rings. The van der Waals surface area contributed by atoms with Gasteiger partial charge in [0, 0.05) is 0 Å². The third-order valence-electron chi connectivity index (χ3n) is 1.62. The number of carboxylic acids is 1. The van der Waals surface area contributed by atoms with Crippen molar-refractivity contribution in [3.63, 3.8) is 0 Å². The Morgan fingerprint density at radius 2 is 2.22 bits per heavy atom. The first-order valence-electron chi connectivity index (χ1n) is 3.15. The quantitative estimate of drug-likeness (QED) is 0.555.